The number of rotatable bonds is 11. The Kier molecular flexibility index (Phi) is 9.20. The third kappa shape index (κ3) is 5.63. The van der Waals surface area contributed by atoms with Crippen LogP contribution in [0.25, 0.3) is 22.4 Å². The fourth-order valence-electron chi connectivity index (χ4n) is 3.70. The van der Waals surface area contributed by atoms with E-state index in [2.05, 4.69) is 14.5 Å². The van der Waals surface area contributed by atoms with Gasteiger partial charge in [0, 0.05) is 16.5 Å². The minimum absolute atomic E-state index is 0.0504. The average molecular weight is 520 g/mol. The lowest BCUT2D eigenvalue weighted by Gasteiger charge is -2.21. The maximum atomic E-state index is 12.9. The molecule has 0 bridgehead atoms. The molecule has 0 saturated carbocycles. The van der Waals surface area contributed by atoms with Gasteiger partial charge in [0.15, 0.2) is 11.5 Å². The highest BCUT2D eigenvalue weighted by Crippen LogP contribution is 2.44. The van der Waals surface area contributed by atoms with Gasteiger partial charge in [0.25, 0.3) is 0 Å². The van der Waals surface area contributed by atoms with Gasteiger partial charge in [0.05, 0.1) is 39.8 Å². The minimum atomic E-state index is -0.548. The maximum absolute atomic E-state index is 12.9. The molecule has 188 valence electrons. The summed E-state index contributed by atoms with van der Waals surface area (Å²) in [4.78, 5) is 15.5. The summed E-state index contributed by atoms with van der Waals surface area (Å²) in [5, 5.41) is 4.91. The van der Waals surface area contributed by atoms with E-state index < -0.39 is 6.04 Å². The number of hydrogen-bond acceptors (Lipinski definition) is 8. The molecule has 1 aromatic heterocycles. The number of nitrogens with zero attached hydrogens (tertiary/aromatic N) is 1. The molecule has 8 nitrogen and oxygen atoms in total. The molecule has 1 amide bonds. The van der Waals surface area contributed by atoms with Crippen molar-refractivity contribution in [3.05, 3.63) is 35.7 Å². The van der Waals surface area contributed by atoms with Crippen LogP contribution < -0.4 is 29.1 Å². The van der Waals surface area contributed by atoms with Crippen molar-refractivity contribution >= 4 is 34.9 Å². The first-order valence-corrected chi connectivity index (χ1v) is 12.2. The van der Waals surface area contributed by atoms with Crippen molar-refractivity contribution in [2.75, 3.05) is 33.8 Å². The van der Waals surface area contributed by atoms with Gasteiger partial charge in [-0.15, -0.1) is 0 Å². The second-order valence-electron chi connectivity index (χ2n) is 7.87. The molecule has 1 heterocycles. The van der Waals surface area contributed by atoms with E-state index in [-0.39, 0.29) is 11.8 Å². The Hall–Kier alpha value is -3.01. The number of carbonyl (C=O) groups is 1. The number of halogens is 1. The van der Waals surface area contributed by atoms with Gasteiger partial charge in [-0.3, -0.25) is 4.79 Å². The number of ether oxygens (including phenoxy) is 4. The van der Waals surface area contributed by atoms with Crippen LogP contribution in [0.2, 0.25) is 0 Å². The van der Waals surface area contributed by atoms with Crippen LogP contribution in [0, 0.1) is 5.92 Å². The zero-order chi connectivity index (χ0) is 25.5. The largest absolute Gasteiger partial charge is 0.495 e. The van der Waals surface area contributed by atoms with E-state index in [0.29, 0.717) is 28.7 Å². The first kappa shape index (κ1) is 26.6. The van der Waals surface area contributed by atoms with Crippen LogP contribution >= 0.6 is 23.3 Å². The Labute approximate surface area is 214 Å². The van der Waals surface area contributed by atoms with Crippen molar-refractivity contribution in [3.63, 3.8) is 0 Å². The normalized spacial score (nSPS) is 12.5. The number of aromatic nitrogens is 1. The third-order valence-electron chi connectivity index (χ3n) is 5.89. The number of benzene rings is 2. The molecule has 0 fully saturated rings. The van der Waals surface area contributed by atoms with Gasteiger partial charge in [0.2, 0.25) is 11.7 Å². The summed E-state index contributed by atoms with van der Waals surface area (Å²) < 4.78 is 26.6. The topological polar surface area (TPSA) is 90.9 Å². The molecule has 0 aliphatic heterocycles. The highest BCUT2D eigenvalue weighted by atomic mass is 35.5. The van der Waals surface area contributed by atoms with Crippen molar-refractivity contribution in [1.82, 2.24) is 9.21 Å². The smallest absolute Gasteiger partial charge is 0.243 e. The van der Waals surface area contributed by atoms with Crippen molar-refractivity contribution in [2.24, 2.45) is 5.92 Å². The summed E-state index contributed by atoms with van der Waals surface area (Å²) in [6.07, 6.45) is 0.799. The van der Waals surface area contributed by atoms with Gasteiger partial charge >= 0.3 is 0 Å². The molecule has 35 heavy (non-hydrogen) atoms. The number of nitrogens with one attached hydrogen (secondary N) is 2. The molecule has 0 aliphatic rings. The van der Waals surface area contributed by atoms with E-state index in [9.17, 15) is 4.79 Å². The number of methoxy groups -OCH3 is 4. The minimum Gasteiger partial charge on any atom is -0.495 e. The van der Waals surface area contributed by atoms with Gasteiger partial charge in [-0.05, 0) is 59.1 Å². The van der Waals surface area contributed by atoms with Crippen LogP contribution in [0.1, 0.15) is 20.3 Å². The predicted molar refractivity (Wildman–Crippen MR) is 140 cm³/mol. The molecule has 0 saturated heterocycles. The monoisotopic (exact) mass is 519 g/mol. The van der Waals surface area contributed by atoms with Gasteiger partial charge in [-0.1, -0.05) is 26.3 Å². The Morgan fingerprint density at radius 2 is 1.66 bits per heavy atom. The van der Waals surface area contributed by atoms with Crippen molar-refractivity contribution in [2.45, 2.75) is 26.3 Å². The molecule has 2 atom stereocenters. The van der Waals surface area contributed by atoms with Crippen LogP contribution in [0.3, 0.4) is 0 Å². The first-order chi connectivity index (χ1) is 16.9. The van der Waals surface area contributed by atoms with Crippen molar-refractivity contribution in [3.8, 4) is 45.4 Å². The summed E-state index contributed by atoms with van der Waals surface area (Å²) in [5.41, 5.74) is 3.84. The van der Waals surface area contributed by atoms with E-state index in [1.807, 2.05) is 49.6 Å². The zero-order valence-electron chi connectivity index (χ0n) is 20.6. The lowest BCUT2D eigenvalue weighted by Crippen LogP contribution is -2.40. The second kappa shape index (κ2) is 12.1. The van der Waals surface area contributed by atoms with Crippen LogP contribution in [-0.2, 0) is 4.79 Å². The van der Waals surface area contributed by atoms with Crippen LogP contribution in [0.5, 0.6) is 23.0 Å². The highest BCUT2D eigenvalue weighted by molar-refractivity contribution is 7.04. The summed E-state index contributed by atoms with van der Waals surface area (Å²) >= 11 is 7.20. The lowest BCUT2D eigenvalue weighted by atomic mass is 9.98. The molecular weight excluding hydrogens is 490 g/mol. The fraction of sp³-hybridized carbons (Fsp3) is 0.360. The lowest BCUT2D eigenvalue weighted by molar-refractivity contribution is -0.118. The SMILES string of the molecule is CCC(C)[C@H](NCl)C(=O)Nc1cc(-c2csnc2-c2cc(OC)c(OC)c(OC)c2)ccc1OC. The van der Waals surface area contributed by atoms with E-state index in [1.165, 1.54) is 11.5 Å². The van der Waals surface area contributed by atoms with Crippen LogP contribution in [0.4, 0.5) is 5.69 Å². The Balaban J connectivity index is 2.04. The van der Waals surface area contributed by atoms with E-state index in [0.717, 1.165) is 28.8 Å². The zero-order valence-corrected chi connectivity index (χ0v) is 22.2. The van der Waals surface area contributed by atoms with E-state index >= 15 is 0 Å². The molecule has 0 aliphatic carbocycles. The highest BCUT2D eigenvalue weighted by Gasteiger charge is 2.25. The molecule has 2 aromatic carbocycles. The maximum Gasteiger partial charge on any atom is 0.243 e. The predicted octanol–water partition coefficient (Wildman–Crippen LogP) is 5.61. The second-order valence-corrected chi connectivity index (χ2v) is 8.71. The average Bonchev–Trinajstić information content (AvgIpc) is 3.38. The summed E-state index contributed by atoms with van der Waals surface area (Å²) in [5.74, 6) is 1.93. The molecule has 3 aromatic rings. The Bertz CT molecular complexity index is 1140. The van der Waals surface area contributed by atoms with Gasteiger partial charge in [0.1, 0.15) is 11.8 Å². The first-order valence-electron chi connectivity index (χ1n) is 11.0. The summed E-state index contributed by atoms with van der Waals surface area (Å²) in [6.45, 7) is 3.97. The van der Waals surface area contributed by atoms with Crippen molar-refractivity contribution < 1.29 is 23.7 Å². The van der Waals surface area contributed by atoms with E-state index in [4.69, 9.17) is 30.7 Å². The van der Waals surface area contributed by atoms with E-state index in [1.54, 1.807) is 28.4 Å². The Morgan fingerprint density at radius 3 is 2.20 bits per heavy atom. The fourth-order valence-corrected chi connectivity index (χ4v) is 4.73. The van der Waals surface area contributed by atoms with Gasteiger partial charge in [-0.2, -0.15) is 4.37 Å². The number of anilines is 1. The van der Waals surface area contributed by atoms with Crippen molar-refractivity contribution in [1.29, 1.82) is 0 Å². The molecule has 3 rings (SSSR count). The quantitative estimate of drug-likeness (QED) is 0.318. The molecule has 10 heteroatoms. The molecule has 0 radical (unpaired) electrons. The molecule has 0 spiro atoms. The number of amides is 1. The third-order valence-corrected chi connectivity index (χ3v) is 6.75. The van der Waals surface area contributed by atoms with Crippen LogP contribution in [0.15, 0.2) is 35.7 Å². The molecule has 1 unspecified atom stereocenters. The Morgan fingerprint density at radius 1 is 1.00 bits per heavy atom. The number of carbonyl (C=O) groups excluding carboxylic acids is 1. The molecule has 2 N–H and O–H groups in total. The van der Waals surface area contributed by atoms with Gasteiger partial charge < -0.3 is 24.3 Å². The number of hydrogen-bond donors (Lipinski definition) is 2. The summed E-state index contributed by atoms with van der Waals surface area (Å²) in [7, 11) is 6.27. The summed E-state index contributed by atoms with van der Waals surface area (Å²) in [6, 6.07) is 8.76. The standard InChI is InChI=1S/C25H30ClN3O5S/c1-7-14(2)22(28-26)25(30)27-18-10-15(8-9-19(18)31-3)17-13-35-29-23(17)16-11-20(32-4)24(34-6)21(12-16)33-5/h8-14,22,28H,7H2,1-6H3,(H,27,30)/t14?,22-/m0/s1. The van der Waals surface area contributed by atoms with Gasteiger partial charge in [-0.25, -0.2) is 4.84 Å². The van der Waals surface area contributed by atoms with Crippen LogP contribution in [-0.4, -0.2) is 44.8 Å². The molecular formula is C25H30ClN3O5S.